The van der Waals surface area contributed by atoms with Crippen LogP contribution in [-0.2, 0) is 15.9 Å². The van der Waals surface area contributed by atoms with E-state index in [1.165, 1.54) is 18.3 Å². The van der Waals surface area contributed by atoms with Crippen molar-refractivity contribution in [2.24, 2.45) is 5.92 Å². The molecule has 41 heavy (non-hydrogen) atoms. The maximum absolute atomic E-state index is 14.3. The molecule has 4 aromatic rings. The second-order valence-corrected chi connectivity index (χ2v) is 11.3. The molecular weight excluding hydrogens is 545 g/mol. The lowest BCUT2D eigenvalue weighted by Gasteiger charge is -2.30. The van der Waals surface area contributed by atoms with Crippen LogP contribution in [0.4, 0.5) is 10.5 Å². The zero-order valence-electron chi connectivity index (χ0n) is 22.5. The molecule has 0 aliphatic carbocycles. The number of rotatable bonds is 11. The molecule has 0 fully saturated rings. The molecule has 1 unspecified atom stereocenters. The Balaban J connectivity index is 1.51. The molecule has 10 nitrogen and oxygen atoms in total. The van der Waals surface area contributed by atoms with Gasteiger partial charge in [0.05, 0.1) is 0 Å². The third-order valence-electron chi connectivity index (χ3n) is 5.76. The van der Waals surface area contributed by atoms with Gasteiger partial charge in [0.25, 0.3) is 5.56 Å². The highest BCUT2D eigenvalue weighted by molar-refractivity contribution is 7.55. The molecule has 0 saturated heterocycles. The standard InChI is InChI=1S/C30H30N3O7P/c1-22(2)28(41(37,39-24-15-8-4-9-16-24)40-25-17-10-5-11-18-25)32-27(34)21-33-20-12-19-26(29(33)35)31-30(36)38-23-13-6-3-7-14-23/h3-20,22,28H,21H2,1-2H3,(H,31,36)(H,32,34). The van der Waals surface area contributed by atoms with Crippen LogP contribution in [0.25, 0.3) is 0 Å². The van der Waals surface area contributed by atoms with E-state index in [-0.39, 0.29) is 11.6 Å². The topological polar surface area (TPSA) is 125 Å². The highest BCUT2D eigenvalue weighted by Gasteiger charge is 2.42. The van der Waals surface area contributed by atoms with Gasteiger partial charge in [-0.15, -0.1) is 0 Å². The fourth-order valence-electron chi connectivity index (χ4n) is 3.85. The Hall–Kier alpha value is -4.82. The predicted octanol–water partition coefficient (Wildman–Crippen LogP) is 5.91. The number of benzene rings is 3. The van der Waals surface area contributed by atoms with Gasteiger partial charge in [0.15, 0.2) is 5.78 Å². The van der Waals surface area contributed by atoms with Crippen LogP contribution < -0.4 is 30.0 Å². The molecule has 2 N–H and O–H groups in total. The van der Waals surface area contributed by atoms with Crippen LogP contribution in [0.1, 0.15) is 13.8 Å². The first-order valence-electron chi connectivity index (χ1n) is 12.9. The molecule has 1 aromatic heterocycles. The summed E-state index contributed by atoms with van der Waals surface area (Å²) in [5, 5.41) is 5.14. The van der Waals surface area contributed by atoms with Gasteiger partial charge in [0, 0.05) is 6.20 Å². The summed E-state index contributed by atoms with van der Waals surface area (Å²) in [6.45, 7) is 3.13. The Bertz CT molecular complexity index is 1520. The van der Waals surface area contributed by atoms with Crippen molar-refractivity contribution in [3.63, 3.8) is 0 Å². The Morgan fingerprint density at radius 2 is 1.29 bits per heavy atom. The van der Waals surface area contributed by atoms with E-state index in [4.69, 9.17) is 13.8 Å². The zero-order valence-corrected chi connectivity index (χ0v) is 23.4. The molecule has 0 radical (unpaired) electrons. The van der Waals surface area contributed by atoms with Gasteiger partial charge in [-0.1, -0.05) is 68.4 Å². The third-order valence-corrected chi connectivity index (χ3v) is 8.09. The average molecular weight is 576 g/mol. The number of nitrogens with one attached hydrogen (secondary N) is 2. The summed E-state index contributed by atoms with van der Waals surface area (Å²) in [7, 11) is -4.05. The number of hydrogen-bond acceptors (Lipinski definition) is 7. The molecule has 0 aliphatic rings. The number of pyridine rings is 1. The molecule has 2 amide bonds. The van der Waals surface area contributed by atoms with Crippen LogP contribution in [0.2, 0.25) is 0 Å². The van der Waals surface area contributed by atoms with Crippen LogP contribution in [0.5, 0.6) is 17.2 Å². The van der Waals surface area contributed by atoms with E-state index < -0.39 is 37.5 Å². The van der Waals surface area contributed by atoms with E-state index in [0.717, 1.165) is 4.57 Å². The van der Waals surface area contributed by atoms with Gasteiger partial charge in [0.2, 0.25) is 5.91 Å². The summed E-state index contributed by atoms with van der Waals surface area (Å²) >= 11 is 0. The predicted molar refractivity (Wildman–Crippen MR) is 155 cm³/mol. The Labute approximate surface area is 237 Å². The highest BCUT2D eigenvalue weighted by Crippen LogP contribution is 2.54. The maximum Gasteiger partial charge on any atom is 0.453 e. The number of carbonyl (C=O) groups excluding carboxylic acids is 2. The van der Waals surface area contributed by atoms with Crippen molar-refractivity contribution in [1.82, 2.24) is 9.88 Å². The van der Waals surface area contributed by atoms with E-state index in [1.807, 2.05) is 0 Å². The van der Waals surface area contributed by atoms with Gasteiger partial charge in [0.1, 0.15) is 29.5 Å². The van der Waals surface area contributed by atoms with Gasteiger partial charge in [-0.05, 0) is 54.4 Å². The summed E-state index contributed by atoms with van der Waals surface area (Å²) in [6.07, 6.45) is 0.549. The normalized spacial score (nSPS) is 11.8. The lowest BCUT2D eigenvalue weighted by Crippen LogP contribution is -2.43. The fourth-order valence-corrected chi connectivity index (χ4v) is 5.98. The molecule has 11 heteroatoms. The summed E-state index contributed by atoms with van der Waals surface area (Å²) in [5.41, 5.74) is -0.704. The van der Waals surface area contributed by atoms with Gasteiger partial charge >= 0.3 is 13.7 Å². The largest absolute Gasteiger partial charge is 0.453 e. The van der Waals surface area contributed by atoms with E-state index in [1.54, 1.807) is 105 Å². The first-order chi connectivity index (χ1) is 19.7. The maximum atomic E-state index is 14.3. The Kier molecular flexibility index (Phi) is 9.60. The second-order valence-electron chi connectivity index (χ2n) is 9.29. The summed E-state index contributed by atoms with van der Waals surface area (Å²) in [4.78, 5) is 38.5. The van der Waals surface area contributed by atoms with Crippen molar-refractivity contribution >= 4 is 25.3 Å². The number of aromatic nitrogens is 1. The number of anilines is 1. The van der Waals surface area contributed by atoms with Crippen LogP contribution in [0.15, 0.2) is 114 Å². The van der Waals surface area contributed by atoms with Gasteiger partial charge < -0.3 is 23.7 Å². The van der Waals surface area contributed by atoms with Crippen molar-refractivity contribution in [3.05, 3.63) is 120 Å². The van der Waals surface area contributed by atoms with Crippen molar-refractivity contribution in [2.75, 3.05) is 5.32 Å². The lowest BCUT2D eigenvalue weighted by atomic mass is 10.2. The first kappa shape index (κ1) is 29.2. The molecule has 1 atom stereocenters. The number of hydrogen-bond donors (Lipinski definition) is 2. The van der Waals surface area contributed by atoms with Crippen LogP contribution >= 0.6 is 7.60 Å². The van der Waals surface area contributed by atoms with Crippen molar-refractivity contribution in [2.45, 2.75) is 26.2 Å². The van der Waals surface area contributed by atoms with Gasteiger partial charge in [-0.2, -0.15) is 0 Å². The number of carbonyl (C=O) groups is 2. The van der Waals surface area contributed by atoms with Crippen LogP contribution in [0, 0.1) is 5.92 Å². The number of nitrogens with zero attached hydrogens (tertiary/aromatic N) is 1. The second kappa shape index (κ2) is 13.5. The van der Waals surface area contributed by atoms with E-state index in [2.05, 4.69) is 10.6 Å². The third kappa shape index (κ3) is 8.09. The minimum atomic E-state index is -4.05. The molecule has 3 aromatic carbocycles. The average Bonchev–Trinajstić information content (AvgIpc) is 2.95. The quantitative estimate of drug-likeness (QED) is 0.213. The molecule has 0 bridgehead atoms. The fraction of sp³-hybridized carbons (Fsp3) is 0.167. The van der Waals surface area contributed by atoms with Gasteiger partial charge in [-0.25, -0.2) is 9.36 Å². The molecule has 212 valence electrons. The molecular formula is C30H30N3O7P. The summed E-state index contributed by atoms with van der Waals surface area (Å²) in [6, 6.07) is 28.3. The van der Waals surface area contributed by atoms with Crippen LogP contribution in [-0.4, -0.2) is 22.4 Å². The molecule has 0 spiro atoms. The van der Waals surface area contributed by atoms with E-state index >= 15 is 0 Å². The minimum absolute atomic E-state index is 0.0767. The molecule has 1 heterocycles. The SMILES string of the molecule is CC(C)C(NC(=O)Cn1cccc(NC(=O)Oc2ccccc2)c1=O)P(=O)(Oc1ccccc1)Oc1ccccc1. The minimum Gasteiger partial charge on any atom is -0.415 e. The Morgan fingerprint density at radius 3 is 1.80 bits per heavy atom. The number of amides is 2. The van der Waals surface area contributed by atoms with Crippen LogP contribution in [0.3, 0.4) is 0 Å². The summed E-state index contributed by atoms with van der Waals surface area (Å²) < 4.78 is 32.4. The zero-order chi connectivity index (χ0) is 29.2. The molecule has 4 rings (SSSR count). The smallest absolute Gasteiger partial charge is 0.415 e. The molecule has 0 saturated carbocycles. The lowest BCUT2D eigenvalue weighted by molar-refractivity contribution is -0.122. The first-order valence-corrected chi connectivity index (χ1v) is 14.5. The van der Waals surface area contributed by atoms with E-state index in [9.17, 15) is 18.9 Å². The monoisotopic (exact) mass is 575 g/mol. The van der Waals surface area contributed by atoms with Crippen molar-refractivity contribution < 1.29 is 27.9 Å². The number of para-hydroxylation sites is 3. The van der Waals surface area contributed by atoms with E-state index in [0.29, 0.717) is 17.2 Å². The van der Waals surface area contributed by atoms with Gasteiger partial charge in [-0.3, -0.25) is 14.9 Å². The number of ether oxygens (including phenoxy) is 1. The van der Waals surface area contributed by atoms with Crippen molar-refractivity contribution in [1.29, 1.82) is 0 Å². The molecule has 0 aliphatic heterocycles. The Morgan fingerprint density at radius 1 is 0.780 bits per heavy atom. The van der Waals surface area contributed by atoms with Crippen molar-refractivity contribution in [3.8, 4) is 17.2 Å². The summed E-state index contributed by atoms with van der Waals surface area (Å²) in [5.74, 6) is -1.13. The highest BCUT2D eigenvalue weighted by atomic mass is 31.2.